The third-order valence-corrected chi connectivity index (χ3v) is 14.3. The van der Waals surface area contributed by atoms with Crippen molar-refractivity contribution < 1.29 is 28.6 Å². The van der Waals surface area contributed by atoms with Crippen molar-refractivity contribution >= 4 is 17.9 Å². The van der Waals surface area contributed by atoms with Crippen LogP contribution < -0.4 is 0 Å². The Morgan fingerprint density at radius 2 is 0.470 bits per heavy atom. The van der Waals surface area contributed by atoms with Gasteiger partial charge in [0.15, 0.2) is 6.10 Å². The third-order valence-electron chi connectivity index (χ3n) is 14.3. The smallest absolute Gasteiger partial charge is 0.306 e. The Labute approximate surface area is 512 Å². The highest BCUT2D eigenvalue weighted by atomic mass is 16.6. The minimum absolute atomic E-state index is 0.0970. The standard InChI is InChI=1S/C77H126O6/c1-4-7-10-13-16-19-22-25-28-30-32-34-36-37-38-39-41-42-44-46-49-52-55-58-61-64-67-70-76(79)82-73-74(72-81-75(78)69-66-63-60-57-54-51-48-27-24-21-18-15-12-9-6-3)83-77(80)71-68-65-62-59-56-53-50-47-45-43-40-35-33-31-29-26-23-20-17-14-11-8-5-2/h7-8,10-11,16-21,25-29,32-35,43,45,48,50,53,74H,4-6,9,12-15,22-24,30-31,36-42,44,46-47,49,51-52,54-73H2,1-3H3/b10-7-,11-8-,19-16-,20-17-,21-18-,28-25-,29-26-,34-32-,35-33-,45-43-,48-27-,53-50-. The average Bonchev–Trinajstić information content (AvgIpc) is 3.49. The van der Waals surface area contributed by atoms with Crippen LogP contribution in [0.5, 0.6) is 0 Å². The van der Waals surface area contributed by atoms with Gasteiger partial charge in [-0.05, 0) is 141 Å². The Morgan fingerprint density at radius 1 is 0.253 bits per heavy atom. The van der Waals surface area contributed by atoms with Gasteiger partial charge in [-0.3, -0.25) is 14.4 Å². The van der Waals surface area contributed by atoms with E-state index in [0.29, 0.717) is 19.3 Å². The van der Waals surface area contributed by atoms with Gasteiger partial charge in [-0.25, -0.2) is 0 Å². The lowest BCUT2D eigenvalue weighted by molar-refractivity contribution is -0.167. The first-order chi connectivity index (χ1) is 41.0. The molecule has 0 aromatic carbocycles. The summed E-state index contributed by atoms with van der Waals surface area (Å²) in [5.41, 5.74) is 0. The molecule has 0 spiro atoms. The van der Waals surface area contributed by atoms with Crippen molar-refractivity contribution in [3.63, 3.8) is 0 Å². The molecule has 0 saturated carbocycles. The second kappa shape index (κ2) is 69.8. The summed E-state index contributed by atoms with van der Waals surface area (Å²) >= 11 is 0. The highest BCUT2D eigenvalue weighted by Gasteiger charge is 2.19. The van der Waals surface area contributed by atoms with Crippen LogP contribution in [0.3, 0.4) is 0 Å². The van der Waals surface area contributed by atoms with E-state index in [9.17, 15) is 14.4 Å². The van der Waals surface area contributed by atoms with Crippen molar-refractivity contribution in [3.8, 4) is 0 Å². The molecule has 0 rings (SSSR count). The zero-order chi connectivity index (χ0) is 59.9. The number of hydrogen-bond donors (Lipinski definition) is 0. The van der Waals surface area contributed by atoms with Crippen molar-refractivity contribution in [2.45, 2.75) is 309 Å². The maximum atomic E-state index is 12.9. The number of carbonyl (C=O) groups is 3. The van der Waals surface area contributed by atoms with Crippen molar-refractivity contribution in [2.24, 2.45) is 0 Å². The maximum absolute atomic E-state index is 12.9. The molecule has 470 valence electrons. The summed E-state index contributed by atoms with van der Waals surface area (Å²) in [7, 11) is 0. The van der Waals surface area contributed by atoms with Gasteiger partial charge in [0.1, 0.15) is 13.2 Å². The number of unbranched alkanes of at least 4 members (excludes halogenated alkanes) is 26. The summed E-state index contributed by atoms with van der Waals surface area (Å²) in [5, 5.41) is 0. The number of rotatable bonds is 61. The number of ether oxygens (including phenoxy) is 3. The van der Waals surface area contributed by atoms with E-state index < -0.39 is 6.10 Å². The normalized spacial score (nSPS) is 13.0. The van der Waals surface area contributed by atoms with Gasteiger partial charge in [0.05, 0.1) is 0 Å². The zero-order valence-electron chi connectivity index (χ0n) is 53.9. The second-order valence-corrected chi connectivity index (χ2v) is 22.3. The summed E-state index contributed by atoms with van der Waals surface area (Å²) in [6.45, 7) is 6.37. The number of carbonyl (C=O) groups excluding carboxylic acids is 3. The largest absolute Gasteiger partial charge is 0.462 e. The van der Waals surface area contributed by atoms with E-state index in [4.69, 9.17) is 14.2 Å². The molecule has 6 heteroatoms. The predicted octanol–water partition coefficient (Wildman–Crippen LogP) is 23.9. The molecule has 83 heavy (non-hydrogen) atoms. The van der Waals surface area contributed by atoms with Gasteiger partial charge in [-0.1, -0.05) is 289 Å². The molecule has 1 atom stereocenters. The van der Waals surface area contributed by atoms with Crippen LogP contribution in [0.2, 0.25) is 0 Å². The lowest BCUT2D eigenvalue weighted by Gasteiger charge is -2.18. The van der Waals surface area contributed by atoms with Crippen LogP contribution in [-0.4, -0.2) is 37.2 Å². The molecular weight excluding hydrogens is 1020 g/mol. The lowest BCUT2D eigenvalue weighted by Crippen LogP contribution is -2.30. The van der Waals surface area contributed by atoms with Gasteiger partial charge in [-0.15, -0.1) is 0 Å². The van der Waals surface area contributed by atoms with Gasteiger partial charge in [-0.2, -0.15) is 0 Å². The van der Waals surface area contributed by atoms with Gasteiger partial charge >= 0.3 is 17.9 Å². The fraction of sp³-hybridized carbons (Fsp3) is 0.649. The van der Waals surface area contributed by atoms with Crippen molar-refractivity contribution in [3.05, 3.63) is 146 Å². The average molecular weight is 1150 g/mol. The monoisotopic (exact) mass is 1150 g/mol. The van der Waals surface area contributed by atoms with E-state index >= 15 is 0 Å². The van der Waals surface area contributed by atoms with Crippen LogP contribution in [0.25, 0.3) is 0 Å². The molecule has 0 amide bonds. The minimum atomic E-state index is -0.805. The van der Waals surface area contributed by atoms with Crippen molar-refractivity contribution in [1.29, 1.82) is 0 Å². The first-order valence-electron chi connectivity index (χ1n) is 34.3. The summed E-state index contributed by atoms with van der Waals surface area (Å²) < 4.78 is 16.9. The first-order valence-corrected chi connectivity index (χ1v) is 34.3. The van der Waals surface area contributed by atoms with Crippen LogP contribution in [-0.2, 0) is 28.6 Å². The molecule has 6 nitrogen and oxygen atoms in total. The molecule has 0 aliphatic rings. The fourth-order valence-electron chi connectivity index (χ4n) is 9.23. The summed E-state index contributed by atoms with van der Waals surface area (Å²) in [4.78, 5) is 38.4. The van der Waals surface area contributed by atoms with Crippen molar-refractivity contribution in [2.75, 3.05) is 13.2 Å². The van der Waals surface area contributed by atoms with Gasteiger partial charge in [0.25, 0.3) is 0 Å². The molecule has 0 aliphatic carbocycles. The summed E-state index contributed by atoms with van der Waals surface area (Å²) in [6.07, 6.45) is 100. The highest BCUT2D eigenvalue weighted by molar-refractivity contribution is 5.71. The molecular formula is C77H126O6. The third kappa shape index (κ3) is 68.0. The number of allylic oxidation sites excluding steroid dienone is 24. The van der Waals surface area contributed by atoms with Crippen LogP contribution in [0.1, 0.15) is 303 Å². The van der Waals surface area contributed by atoms with Crippen LogP contribution in [0, 0.1) is 0 Å². The fourth-order valence-corrected chi connectivity index (χ4v) is 9.23. The quantitative estimate of drug-likeness (QED) is 0.0261. The molecule has 0 bridgehead atoms. The predicted molar refractivity (Wildman–Crippen MR) is 362 cm³/mol. The summed E-state index contributed by atoms with van der Waals surface area (Å²) in [6, 6.07) is 0. The van der Waals surface area contributed by atoms with E-state index in [1.54, 1.807) is 0 Å². The Balaban J connectivity index is 4.40. The van der Waals surface area contributed by atoms with Crippen LogP contribution >= 0.6 is 0 Å². The maximum Gasteiger partial charge on any atom is 0.306 e. The first kappa shape index (κ1) is 78.3. The van der Waals surface area contributed by atoms with Crippen molar-refractivity contribution in [1.82, 2.24) is 0 Å². The Morgan fingerprint density at radius 3 is 0.735 bits per heavy atom. The second-order valence-electron chi connectivity index (χ2n) is 22.3. The highest BCUT2D eigenvalue weighted by Crippen LogP contribution is 2.16. The van der Waals surface area contributed by atoms with E-state index in [0.717, 1.165) is 161 Å². The van der Waals surface area contributed by atoms with Gasteiger partial charge in [0, 0.05) is 19.3 Å². The SMILES string of the molecule is CC/C=C\C/C=C\C/C=C\C/C=C\C/C=C\C/C=C\CCCCCCC(=O)OC(COC(=O)CCCCCCC/C=C\C/C=C\CCCCC)COC(=O)CCCCCCCCCCCCCCCC/C=C\C/C=C\C/C=C\C/C=C\CC. The minimum Gasteiger partial charge on any atom is -0.462 e. The van der Waals surface area contributed by atoms with E-state index in [2.05, 4.69) is 167 Å². The lowest BCUT2D eigenvalue weighted by atomic mass is 10.0. The Bertz CT molecular complexity index is 1800. The van der Waals surface area contributed by atoms with Crippen LogP contribution in [0.4, 0.5) is 0 Å². The van der Waals surface area contributed by atoms with Gasteiger partial charge < -0.3 is 14.2 Å². The molecule has 0 aromatic rings. The molecule has 0 aliphatic heterocycles. The van der Waals surface area contributed by atoms with E-state index in [1.807, 2.05) is 0 Å². The topological polar surface area (TPSA) is 78.9 Å². The molecule has 0 N–H and O–H groups in total. The number of esters is 3. The molecule has 1 unspecified atom stereocenters. The summed E-state index contributed by atoms with van der Waals surface area (Å²) in [5.74, 6) is -0.932. The molecule has 0 aromatic heterocycles. The zero-order valence-corrected chi connectivity index (χ0v) is 53.9. The Kier molecular flexibility index (Phi) is 65.8. The van der Waals surface area contributed by atoms with E-state index in [-0.39, 0.29) is 31.1 Å². The van der Waals surface area contributed by atoms with Crippen LogP contribution in [0.15, 0.2) is 146 Å². The molecule has 0 radical (unpaired) electrons. The van der Waals surface area contributed by atoms with Gasteiger partial charge in [0.2, 0.25) is 0 Å². The van der Waals surface area contributed by atoms with E-state index in [1.165, 1.54) is 103 Å². The number of hydrogen-bond acceptors (Lipinski definition) is 6. The molecule has 0 fully saturated rings. The molecule has 0 saturated heterocycles. The Hall–Kier alpha value is -4.71. The molecule has 0 heterocycles.